The van der Waals surface area contributed by atoms with Gasteiger partial charge in [-0.25, -0.2) is 0 Å². The molecule has 0 aromatic carbocycles. The van der Waals surface area contributed by atoms with E-state index in [1.165, 1.54) is 0 Å². The Morgan fingerprint density at radius 2 is 1.86 bits per heavy atom. The lowest BCUT2D eigenvalue weighted by atomic mass is 10.2. The summed E-state index contributed by atoms with van der Waals surface area (Å²) in [6, 6.07) is 0.116. The molecule has 14 heavy (non-hydrogen) atoms. The summed E-state index contributed by atoms with van der Waals surface area (Å²) < 4.78 is 5.43. The van der Waals surface area contributed by atoms with Crippen molar-refractivity contribution >= 4 is 0 Å². The zero-order chi connectivity index (χ0) is 11.8. The summed E-state index contributed by atoms with van der Waals surface area (Å²) in [5.41, 5.74) is 5.35. The first-order chi connectivity index (χ1) is 6.31. The average Bonchev–Trinajstić information content (AvgIpc) is 2.02. The van der Waals surface area contributed by atoms with Crippen LogP contribution >= 0.6 is 0 Å². The molecular formula is C11H26N2O. The minimum Gasteiger partial charge on any atom is -0.474 e. The maximum Gasteiger partial charge on any atom is 0.179 e. The summed E-state index contributed by atoms with van der Waals surface area (Å²) in [5.74, 6) is 0.583. The summed E-state index contributed by atoms with van der Waals surface area (Å²) in [7, 11) is 0. The second kappa shape index (κ2) is 7.68. The second-order valence-electron chi connectivity index (χ2n) is 4.00. The lowest BCUT2D eigenvalue weighted by Gasteiger charge is -2.23. The fraction of sp³-hybridized carbons (Fsp3) is 0.818. The molecule has 3 N–H and O–H groups in total. The van der Waals surface area contributed by atoms with Crippen molar-refractivity contribution in [1.82, 2.24) is 5.32 Å². The van der Waals surface area contributed by atoms with Gasteiger partial charge in [-0.3, -0.25) is 0 Å². The molecule has 0 aliphatic carbocycles. The van der Waals surface area contributed by atoms with Crippen molar-refractivity contribution in [2.45, 2.75) is 53.2 Å². The van der Waals surface area contributed by atoms with E-state index in [1.54, 1.807) is 0 Å². The molecule has 1 atom stereocenters. The van der Waals surface area contributed by atoms with Crippen LogP contribution in [0.5, 0.6) is 0 Å². The van der Waals surface area contributed by atoms with E-state index in [9.17, 15) is 0 Å². The van der Waals surface area contributed by atoms with Gasteiger partial charge in [-0.05, 0) is 34.3 Å². The maximum atomic E-state index is 5.55. The largest absolute Gasteiger partial charge is 0.474 e. The zero-order valence-electron chi connectivity index (χ0n) is 10.5. The van der Waals surface area contributed by atoms with Gasteiger partial charge in [-0.2, -0.15) is 0 Å². The molecule has 86 valence electrons. The Balaban J connectivity index is 0. The van der Waals surface area contributed by atoms with E-state index >= 15 is 0 Å². The van der Waals surface area contributed by atoms with E-state index in [4.69, 9.17) is 10.5 Å². The summed E-state index contributed by atoms with van der Waals surface area (Å²) >= 11 is 0. The third-order valence-electron chi connectivity index (χ3n) is 1.05. The lowest BCUT2D eigenvalue weighted by molar-refractivity contribution is 0.0413. The summed E-state index contributed by atoms with van der Waals surface area (Å²) in [5, 5.41) is 3.00. The Morgan fingerprint density at radius 1 is 1.43 bits per heavy atom. The summed E-state index contributed by atoms with van der Waals surface area (Å²) in [6.07, 6.45) is 0. The van der Waals surface area contributed by atoms with Gasteiger partial charge in [-0.15, -0.1) is 0 Å². The molecule has 1 unspecified atom stereocenters. The predicted octanol–water partition coefficient (Wildman–Crippen LogP) is 2.24. The molecule has 0 saturated heterocycles. The fourth-order valence-electron chi connectivity index (χ4n) is 0.681. The Kier molecular flexibility index (Phi) is 8.65. The van der Waals surface area contributed by atoms with Gasteiger partial charge in [0.05, 0.1) is 0 Å². The smallest absolute Gasteiger partial charge is 0.179 e. The number of ether oxygens (including phenoxy) is 1. The van der Waals surface area contributed by atoms with Crippen LogP contribution in [0, 0.1) is 0 Å². The van der Waals surface area contributed by atoms with E-state index in [1.807, 2.05) is 41.5 Å². The van der Waals surface area contributed by atoms with E-state index < -0.39 is 0 Å². The van der Waals surface area contributed by atoms with Crippen LogP contribution < -0.4 is 11.1 Å². The maximum absolute atomic E-state index is 5.55. The van der Waals surface area contributed by atoms with Crippen LogP contribution in [-0.4, -0.2) is 18.2 Å². The fourth-order valence-corrected chi connectivity index (χ4v) is 0.681. The van der Waals surface area contributed by atoms with Crippen LogP contribution in [0.25, 0.3) is 0 Å². The molecular weight excluding hydrogens is 176 g/mol. The Bertz CT molecular complexity index is 148. The van der Waals surface area contributed by atoms with Crippen LogP contribution in [0.2, 0.25) is 0 Å². The van der Waals surface area contributed by atoms with E-state index in [0.717, 1.165) is 0 Å². The van der Waals surface area contributed by atoms with Gasteiger partial charge in [-0.1, -0.05) is 13.8 Å². The van der Waals surface area contributed by atoms with Crippen molar-refractivity contribution in [2.24, 2.45) is 5.73 Å². The quantitative estimate of drug-likeness (QED) is 0.687. The van der Waals surface area contributed by atoms with Crippen LogP contribution in [0.1, 0.15) is 41.5 Å². The van der Waals surface area contributed by atoms with Crippen molar-refractivity contribution in [2.75, 3.05) is 6.54 Å². The number of hydrogen-bond acceptors (Lipinski definition) is 3. The molecule has 0 rings (SSSR count). The Labute approximate surface area is 88.7 Å². The van der Waals surface area contributed by atoms with Crippen molar-refractivity contribution in [1.29, 1.82) is 0 Å². The third kappa shape index (κ3) is 13.9. The van der Waals surface area contributed by atoms with Crippen LogP contribution in [0.15, 0.2) is 12.5 Å². The van der Waals surface area contributed by atoms with E-state index in [2.05, 4.69) is 11.9 Å². The Morgan fingerprint density at radius 3 is 2.14 bits per heavy atom. The lowest BCUT2D eigenvalue weighted by Crippen LogP contribution is -2.33. The summed E-state index contributed by atoms with van der Waals surface area (Å²) in [4.78, 5) is 0. The number of nitrogens with one attached hydrogen (secondary N) is 1. The topological polar surface area (TPSA) is 47.3 Å². The van der Waals surface area contributed by atoms with Gasteiger partial charge in [0.2, 0.25) is 0 Å². The SMILES string of the molecule is C=C(NCC(C)N)OC(C)(C)C.CC. The molecule has 3 nitrogen and oxygen atoms in total. The molecule has 0 radical (unpaired) electrons. The monoisotopic (exact) mass is 202 g/mol. The normalized spacial score (nSPS) is 12.2. The van der Waals surface area contributed by atoms with Gasteiger partial charge >= 0.3 is 0 Å². The summed E-state index contributed by atoms with van der Waals surface area (Å²) in [6.45, 7) is 16.3. The highest BCUT2D eigenvalue weighted by molar-refractivity contribution is 4.83. The minimum absolute atomic E-state index is 0.116. The van der Waals surface area contributed by atoms with Crippen LogP contribution in [-0.2, 0) is 4.74 Å². The van der Waals surface area contributed by atoms with Gasteiger partial charge in [0, 0.05) is 12.6 Å². The highest BCUT2D eigenvalue weighted by Crippen LogP contribution is 2.09. The zero-order valence-corrected chi connectivity index (χ0v) is 10.5. The number of hydrogen-bond donors (Lipinski definition) is 2. The minimum atomic E-state index is -0.193. The molecule has 0 bridgehead atoms. The molecule has 0 fully saturated rings. The second-order valence-corrected chi connectivity index (χ2v) is 4.00. The molecule has 0 saturated carbocycles. The number of rotatable bonds is 4. The molecule has 3 heteroatoms. The first kappa shape index (κ1) is 15.8. The first-order valence-corrected chi connectivity index (χ1v) is 5.18. The molecule has 0 heterocycles. The third-order valence-corrected chi connectivity index (χ3v) is 1.05. The molecule has 0 spiro atoms. The highest BCUT2D eigenvalue weighted by atomic mass is 16.5. The van der Waals surface area contributed by atoms with Gasteiger partial charge < -0.3 is 15.8 Å². The van der Waals surface area contributed by atoms with Crippen molar-refractivity contribution < 1.29 is 4.74 Å². The average molecular weight is 202 g/mol. The van der Waals surface area contributed by atoms with Gasteiger partial charge in [0.15, 0.2) is 5.88 Å². The highest BCUT2D eigenvalue weighted by Gasteiger charge is 2.11. The van der Waals surface area contributed by atoms with E-state index in [0.29, 0.717) is 12.4 Å². The van der Waals surface area contributed by atoms with Crippen molar-refractivity contribution in [3.05, 3.63) is 12.5 Å². The van der Waals surface area contributed by atoms with Gasteiger partial charge in [0.1, 0.15) is 5.60 Å². The van der Waals surface area contributed by atoms with Crippen LogP contribution in [0.3, 0.4) is 0 Å². The van der Waals surface area contributed by atoms with Crippen molar-refractivity contribution in [3.63, 3.8) is 0 Å². The molecule has 0 aromatic rings. The molecule has 0 aliphatic heterocycles. The molecule has 0 amide bonds. The number of nitrogens with two attached hydrogens (primary N) is 1. The van der Waals surface area contributed by atoms with Gasteiger partial charge in [0.25, 0.3) is 0 Å². The standard InChI is InChI=1S/C9H20N2O.C2H6/c1-7(10)6-11-8(2)12-9(3,4)5;1-2/h7,11H,2,6,10H2,1,3-5H3;1-2H3. The molecule has 0 aliphatic rings. The predicted molar refractivity (Wildman–Crippen MR) is 63.0 cm³/mol. The van der Waals surface area contributed by atoms with E-state index in [-0.39, 0.29) is 11.6 Å². The van der Waals surface area contributed by atoms with Crippen LogP contribution in [0.4, 0.5) is 0 Å². The molecule has 0 aromatic heterocycles. The Hall–Kier alpha value is -0.700. The first-order valence-electron chi connectivity index (χ1n) is 5.18. The van der Waals surface area contributed by atoms with Crippen molar-refractivity contribution in [3.8, 4) is 0 Å².